The van der Waals surface area contributed by atoms with Crippen molar-refractivity contribution >= 4 is 23.1 Å². The number of rotatable bonds is 4. The first kappa shape index (κ1) is 16.6. The van der Waals surface area contributed by atoms with Gasteiger partial charge >= 0.3 is 0 Å². The molecule has 0 amide bonds. The quantitative estimate of drug-likeness (QED) is 0.608. The van der Waals surface area contributed by atoms with Gasteiger partial charge in [0.25, 0.3) is 0 Å². The van der Waals surface area contributed by atoms with Gasteiger partial charge in [-0.3, -0.25) is 9.78 Å². The van der Waals surface area contributed by atoms with Crippen LogP contribution in [0.2, 0.25) is 5.02 Å². The molecule has 1 aliphatic rings. The molecule has 26 heavy (non-hydrogen) atoms. The van der Waals surface area contributed by atoms with Crippen LogP contribution in [-0.2, 0) is 0 Å². The molecule has 1 atom stereocenters. The van der Waals surface area contributed by atoms with Crippen LogP contribution in [0.1, 0.15) is 27.4 Å². The largest absolute Gasteiger partial charge is 0.346 e. The number of aromatic nitrogens is 1. The molecule has 2 heterocycles. The molecule has 1 unspecified atom stereocenters. The Balaban J connectivity index is 1.60. The third-order valence-electron chi connectivity index (χ3n) is 4.56. The summed E-state index contributed by atoms with van der Waals surface area (Å²) < 4.78 is 0. The fourth-order valence-corrected chi connectivity index (χ4v) is 3.39. The zero-order chi connectivity index (χ0) is 17.9. The summed E-state index contributed by atoms with van der Waals surface area (Å²) in [6, 6.07) is 18.7. The van der Waals surface area contributed by atoms with Crippen molar-refractivity contribution in [2.45, 2.75) is 5.92 Å². The van der Waals surface area contributed by atoms with Crippen LogP contribution >= 0.6 is 11.6 Å². The van der Waals surface area contributed by atoms with Gasteiger partial charge in [0, 0.05) is 42.2 Å². The third kappa shape index (κ3) is 3.26. The standard InChI is InChI=1S/C22H17ClN2O/c23-20-9-8-17(22(26)16-5-2-1-3-6-16)13-21(20)25-12-10-19(15-25)18-7-4-11-24-14-18/h1-14,19H,15H2. The van der Waals surface area contributed by atoms with Gasteiger partial charge in [0.05, 0.1) is 10.7 Å². The number of halogens is 1. The highest BCUT2D eigenvalue weighted by atomic mass is 35.5. The minimum Gasteiger partial charge on any atom is -0.346 e. The molecule has 3 nitrogen and oxygen atoms in total. The number of carbonyl (C=O) groups excluding carboxylic acids is 1. The molecule has 1 aliphatic heterocycles. The van der Waals surface area contributed by atoms with Gasteiger partial charge in [-0.2, -0.15) is 0 Å². The predicted molar refractivity (Wildman–Crippen MR) is 105 cm³/mol. The molecule has 1 aromatic heterocycles. The number of hydrogen-bond acceptors (Lipinski definition) is 3. The molecule has 0 N–H and O–H groups in total. The molecular formula is C22H17ClN2O. The molecule has 0 spiro atoms. The lowest BCUT2D eigenvalue weighted by molar-refractivity contribution is 0.103. The van der Waals surface area contributed by atoms with Crippen LogP contribution in [0.3, 0.4) is 0 Å². The van der Waals surface area contributed by atoms with E-state index >= 15 is 0 Å². The Hall–Kier alpha value is -2.91. The molecule has 0 aliphatic carbocycles. The first-order chi connectivity index (χ1) is 12.7. The molecule has 3 aromatic rings. The van der Waals surface area contributed by atoms with Crippen LogP contribution < -0.4 is 4.90 Å². The van der Waals surface area contributed by atoms with E-state index in [0.717, 1.165) is 12.2 Å². The maximum Gasteiger partial charge on any atom is 0.193 e. The van der Waals surface area contributed by atoms with E-state index in [1.807, 2.05) is 54.9 Å². The Kier molecular flexibility index (Phi) is 4.55. The van der Waals surface area contributed by atoms with E-state index in [9.17, 15) is 4.79 Å². The van der Waals surface area contributed by atoms with Crippen molar-refractivity contribution < 1.29 is 4.79 Å². The minimum absolute atomic E-state index is 0.00416. The maximum atomic E-state index is 12.7. The Bertz CT molecular complexity index is 954. The predicted octanol–water partition coefficient (Wildman–Crippen LogP) is 5.08. The van der Waals surface area contributed by atoms with Gasteiger partial charge in [0.2, 0.25) is 0 Å². The first-order valence-electron chi connectivity index (χ1n) is 8.46. The normalized spacial score (nSPS) is 16.0. The van der Waals surface area contributed by atoms with Gasteiger partial charge < -0.3 is 4.90 Å². The van der Waals surface area contributed by atoms with Crippen molar-refractivity contribution in [2.24, 2.45) is 0 Å². The van der Waals surface area contributed by atoms with Crippen LogP contribution in [-0.4, -0.2) is 17.3 Å². The highest BCUT2D eigenvalue weighted by Gasteiger charge is 2.21. The van der Waals surface area contributed by atoms with Crippen molar-refractivity contribution in [1.82, 2.24) is 4.98 Å². The van der Waals surface area contributed by atoms with Gasteiger partial charge in [-0.1, -0.05) is 54.1 Å². The molecular weight excluding hydrogens is 344 g/mol. The average Bonchev–Trinajstić information content (AvgIpc) is 3.19. The fourth-order valence-electron chi connectivity index (χ4n) is 3.16. The van der Waals surface area contributed by atoms with Crippen LogP contribution in [0.4, 0.5) is 5.69 Å². The lowest BCUT2D eigenvalue weighted by atomic mass is 10.0. The van der Waals surface area contributed by atoms with E-state index in [1.165, 1.54) is 5.56 Å². The summed E-state index contributed by atoms with van der Waals surface area (Å²) in [7, 11) is 0. The summed E-state index contributed by atoms with van der Waals surface area (Å²) in [5.41, 5.74) is 3.31. The lowest BCUT2D eigenvalue weighted by Crippen LogP contribution is -2.17. The second-order valence-electron chi connectivity index (χ2n) is 6.25. The molecule has 0 bridgehead atoms. The lowest BCUT2D eigenvalue weighted by Gasteiger charge is -2.20. The van der Waals surface area contributed by atoms with Gasteiger partial charge in [0.15, 0.2) is 5.78 Å². The van der Waals surface area contributed by atoms with Gasteiger partial charge in [0.1, 0.15) is 0 Å². The Labute approximate surface area is 157 Å². The van der Waals surface area contributed by atoms with Crippen molar-refractivity contribution in [3.8, 4) is 0 Å². The van der Waals surface area contributed by atoms with Crippen molar-refractivity contribution in [3.63, 3.8) is 0 Å². The van der Waals surface area contributed by atoms with E-state index < -0.39 is 0 Å². The average molecular weight is 361 g/mol. The fraction of sp³-hybridized carbons (Fsp3) is 0.0909. The molecule has 2 aromatic carbocycles. The SMILES string of the molecule is O=C(c1ccccc1)c1ccc(Cl)c(N2C=CC(c3cccnc3)C2)c1. The van der Waals surface area contributed by atoms with E-state index in [4.69, 9.17) is 11.6 Å². The van der Waals surface area contributed by atoms with Crippen LogP contribution in [0.25, 0.3) is 0 Å². The summed E-state index contributed by atoms with van der Waals surface area (Å²) in [6.07, 6.45) is 7.82. The van der Waals surface area contributed by atoms with Crippen molar-refractivity contribution in [1.29, 1.82) is 0 Å². The van der Waals surface area contributed by atoms with Crippen molar-refractivity contribution in [2.75, 3.05) is 11.4 Å². The van der Waals surface area contributed by atoms with Crippen LogP contribution in [0, 0.1) is 0 Å². The van der Waals surface area contributed by atoms with Gasteiger partial charge in [-0.25, -0.2) is 0 Å². The van der Waals surface area contributed by atoms with Crippen LogP contribution in [0.5, 0.6) is 0 Å². The van der Waals surface area contributed by atoms with E-state index in [0.29, 0.717) is 16.1 Å². The topological polar surface area (TPSA) is 33.2 Å². The summed E-state index contributed by atoms with van der Waals surface area (Å²) in [6.45, 7) is 0.772. The molecule has 0 saturated heterocycles. The smallest absolute Gasteiger partial charge is 0.193 e. The van der Waals surface area contributed by atoms with E-state index in [2.05, 4.69) is 22.0 Å². The molecule has 0 radical (unpaired) electrons. The molecule has 0 fully saturated rings. The first-order valence-corrected chi connectivity index (χ1v) is 8.84. The highest BCUT2D eigenvalue weighted by Crippen LogP contribution is 2.33. The molecule has 4 heteroatoms. The Morgan fingerprint density at radius 3 is 2.65 bits per heavy atom. The summed E-state index contributed by atoms with van der Waals surface area (Å²) in [4.78, 5) is 19.0. The maximum absolute atomic E-state index is 12.7. The second-order valence-corrected chi connectivity index (χ2v) is 6.66. The minimum atomic E-state index is -0.00416. The van der Waals surface area contributed by atoms with E-state index in [1.54, 1.807) is 18.3 Å². The zero-order valence-electron chi connectivity index (χ0n) is 14.0. The number of benzene rings is 2. The Morgan fingerprint density at radius 2 is 1.88 bits per heavy atom. The monoisotopic (exact) mass is 360 g/mol. The Morgan fingerprint density at radius 1 is 1.04 bits per heavy atom. The van der Waals surface area contributed by atoms with Crippen molar-refractivity contribution in [3.05, 3.63) is 107 Å². The summed E-state index contributed by atoms with van der Waals surface area (Å²) in [5, 5.41) is 0.631. The molecule has 0 saturated carbocycles. The number of carbonyl (C=O) groups is 1. The number of hydrogen-bond donors (Lipinski definition) is 0. The van der Waals surface area contributed by atoms with E-state index in [-0.39, 0.29) is 11.7 Å². The zero-order valence-corrected chi connectivity index (χ0v) is 14.8. The van der Waals surface area contributed by atoms with Gasteiger partial charge in [-0.15, -0.1) is 0 Å². The number of ketones is 1. The third-order valence-corrected chi connectivity index (χ3v) is 4.88. The summed E-state index contributed by atoms with van der Waals surface area (Å²) >= 11 is 6.42. The second kappa shape index (κ2) is 7.14. The highest BCUT2D eigenvalue weighted by molar-refractivity contribution is 6.33. The number of pyridine rings is 1. The van der Waals surface area contributed by atoms with Crippen LogP contribution in [0.15, 0.2) is 85.3 Å². The molecule has 4 rings (SSSR count). The number of nitrogens with zero attached hydrogens (tertiary/aromatic N) is 2. The van der Waals surface area contributed by atoms with Gasteiger partial charge in [-0.05, 0) is 29.8 Å². The number of anilines is 1. The molecule has 128 valence electrons. The summed E-state index contributed by atoms with van der Waals surface area (Å²) in [5.74, 6) is 0.253.